The van der Waals surface area contributed by atoms with Crippen LogP contribution in [0.15, 0.2) is 63.6 Å². The third kappa shape index (κ3) is 4.69. The molecule has 0 radical (unpaired) electrons. The molecule has 0 aliphatic heterocycles. The number of hydrogen-bond acceptors (Lipinski definition) is 8. The molecule has 2 heterocycles. The van der Waals surface area contributed by atoms with Crippen molar-refractivity contribution in [2.45, 2.75) is 19.4 Å². The number of aromatic nitrogens is 4. The Hall–Kier alpha value is -4.01. The molecule has 2 aromatic heterocycles. The van der Waals surface area contributed by atoms with Crippen LogP contribution in [0.3, 0.4) is 0 Å². The van der Waals surface area contributed by atoms with E-state index in [4.69, 9.17) is 13.8 Å². The quantitative estimate of drug-likeness (QED) is 0.475. The summed E-state index contributed by atoms with van der Waals surface area (Å²) in [5.74, 6) is 2.24. The Morgan fingerprint density at radius 3 is 2.53 bits per heavy atom. The first-order valence-corrected chi connectivity index (χ1v) is 9.33. The molecule has 4 aromatic rings. The summed E-state index contributed by atoms with van der Waals surface area (Å²) in [6.07, 6.45) is 0.550. The van der Waals surface area contributed by atoms with E-state index < -0.39 is 0 Å². The molecule has 9 nitrogen and oxygen atoms in total. The van der Waals surface area contributed by atoms with Crippen LogP contribution in [-0.2, 0) is 17.8 Å². The molecule has 0 saturated carbocycles. The maximum Gasteiger partial charge on any atom is 0.257 e. The molecule has 0 aliphatic rings. The summed E-state index contributed by atoms with van der Waals surface area (Å²) in [4.78, 5) is 20.7. The van der Waals surface area contributed by atoms with Crippen LogP contribution in [0, 0.1) is 0 Å². The van der Waals surface area contributed by atoms with Crippen LogP contribution in [-0.4, -0.2) is 33.3 Å². The number of ether oxygens (including phenoxy) is 1. The lowest BCUT2D eigenvalue weighted by atomic mass is 10.2. The average Bonchev–Trinajstić information content (AvgIpc) is 3.47. The molecule has 1 N–H and O–H groups in total. The number of benzene rings is 2. The Morgan fingerprint density at radius 2 is 1.77 bits per heavy atom. The van der Waals surface area contributed by atoms with Crippen LogP contribution in [0.4, 0.5) is 0 Å². The van der Waals surface area contributed by atoms with Gasteiger partial charge in [-0.05, 0) is 24.3 Å². The van der Waals surface area contributed by atoms with E-state index in [1.165, 1.54) is 0 Å². The number of nitrogens with one attached hydrogen (secondary N) is 1. The molecule has 0 unspecified atom stereocenters. The van der Waals surface area contributed by atoms with Crippen molar-refractivity contribution in [3.8, 4) is 28.6 Å². The smallest absolute Gasteiger partial charge is 0.257 e. The molecule has 0 fully saturated rings. The molecule has 4 rings (SSSR count). The van der Waals surface area contributed by atoms with Crippen LogP contribution >= 0.6 is 0 Å². The van der Waals surface area contributed by atoms with Crippen LogP contribution in [0.25, 0.3) is 22.8 Å². The highest BCUT2D eigenvalue weighted by Gasteiger charge is 2.12. The minimum atomic E-state index is -0.176. The summed E-state index contributed by atoms with van der Waals surface area (Å²) >= 11 is 0. The predicted octanol–water partition coefficient (Wildman–Crippen LogP) is 3.04. The average molecular weight is 405 g/mol. The second kappa shape index (κ2) is 8.99. The van der Waals surface area contributed by atoms with Gasteiger partial charge in [-0.1, -0.05) is 40.6 Å². The first-order valence-electron chi connectivity index (χ1n) is 9.33. The van der Waals surface area contributed by atoms with Crippen molar-refractivity contribution in [3.05, 3.63) is 66.3 Å². The van der Waals surface area contributed by atoms with Crippen LogP contribution in [0.5, 0.6) is 5.75 Å². The van der Waals surface area contributed by atoms with E-state index in [-0.39, 0.29) is 18.9 Å². The standard InChI is InChI=1S/C21H19N5O4/c1-28-16-9-7-15(8-10-16)21-23-17(25-30-21)13-22-18(27)11-12-19-24-20(26-29-19)14-5-3-2-4-6-14/h2-10H,11-13H2,1H3,(H,22,27). The van der Waals surface area contributed by atoms with Crippen molar-refractivity contribution in [2.24, 2.45) is 0 Å². The van der Waals surface area contributed by atoms with Gasteiger partial charge >= 0.3 is 0 Å². The summed E-state index contributed by atoms with van der Waals surface area (Å²) < 4.78 is 15.6. The van der Waals surface area contributed by atoms with E-state index in [0.29, 0.717) is 29.9 Å². The number of carbonyl (C=O) groups excluding carboxylic acids is 1. The molecule has 0 aliphatic carbocycles. The zero-order chi connectivity index (χ0) is 20.8. The van der Waals surface area contributed by atoms with E-state index in [9.17, 15) is 4.79 Å². The first-order chi connectivity index (χ1) is 14.7. The highest BCUT2D eigenvalue weighted by molar-refractivity contribution is 5.75. The van der Waals surface area contributed by atoms with Crippen molar-refractivity contribution >= 4 is 5.91 Å². The molecule has 2 aromatic carbocycles. The zero-order valence-corrected chi connectivity index (χ0v) is 16.2. The van der Waals surface area contributed by atoms with E-state index in [1.807, 2.05) is 54.6 Å². The molecule has 9 heteroatoms. The monoisotopic (exact) mass is 405 g/mol. The fourth-order valence-electron chi connectivity index (χ4n) is 2.72. The largest absolute Gasteiger partial charge is 0.497 e. The van der Waals surface area contributed by atoms with Crippen LogP contribution in [0.2, 0.25) is 0 Å². The van der Waals surface area contributed by atoms with Crippen molar-refractivity contribution < 1.29 is 18.6 Å². The van der Waals surface area contributed by atoms with Gasteiger partial charge < -0.3 is 19.1 Å². The molecule has 0 saturated heterocycles. The molecule has 30 heavy (non-hydrogen) atoms. The lowest BCUT2D eigenvalue weighted by molar-refractivity contribution is -0.121. The van der Waals surface area contributed by atoms with Crippen molar-refractivity contribution in [1.29, 1.82) is 0 Å². The number of carbonyl (C=O) groups is 1. The van der Waals surface area contributed by atoms with Gasteiger partial charge in [0, 0.05) is 24.0 Å². The van der Waals surface area contributed by atoms with Gasteiger partial charge in [0.15, 0.2) is 5.82 Å². The normalized spacial score (nSPS) is 10.7. The highest BCUT2D eigenvalue weighted by Crippen LogP contribution is 2.20. The Balaban J connectivity index is 1.26. The Kier molecular flexibility index (Phi) is 5.79. The molecule has 0 spiro atoms. The van der Waals surface area contributed by atoms with Gasteiger partial charge in [0.2, 0.25) is 17.6 Å². The van der Waals surface area contributed by atoms with Gasteiger partial charge in [-0.15, -0.1) is 0 Å². The Labute approximate surface area is 172 Å². The van der Waals surface area contributed by atoms with Gasteiger partial charge in [0.25, 0.3) is 5.89 Å². The van der Waals surface area contributed by atoms with Crippen LogP contribution < -0.4 is 10.1 Å². The lowest BCUT2D eigenvalue weighted by Crippen LogP contribution is -2.23. The summed E-state index contributed by atoms with van der Waals surface area (Å²) in [7, 11) is 1.60. The summed E-state index contributed by atoms with van der Waals surface area (Å²) in [6.45, 7) is 0.164. The van der Waals surface area contributed by atoms with E-state index >= 15 is 0 Å². The van der Waals surface area contributed by atoms with Gasteiger partial charge in [0.1, 0.15) is 5.75 Å². The Morgan fingerprint density at radius 1 is 0.967 bits per heavy atom. The minimum Gasteiger partial charge on any atom is -0.497 e. The number of methoxy groups -OCH3 is 1. The molecule has 0 bridgehead atoms. The highest BCUT2D eigenvalue weighted by atomic mass is 16.5. The third-order valence-electron chi connectivity index (χ3n) is 4.31. The van der Waals surface area contributed by atoms with E-state index in [0.717, 1.165) is 16.9 Å². The fourth-order valence-corrected chi connectivity index (χ4v) is 2.72. The first kappa shape index (κ1) is 19.3. The second-order valence-electron chi connectivity index (χ2n) is 6.40. The fraction of sp³-hybridized carbons (Fsp3) is 0.190. The van der Waals surface area contributed by atoms with Gasteiger partial charge in [-0.3, -0.25) is 4.79 Å². The maximum atomic E-state index is 12.1. The molecule has 0 atom stereocenters. The summed E-state index contributed by atoms with van der Waals surface area (Å²) in [5.41, 5.74) is 1.63. The lowest BCUT2D eigenvalue weighted by Gasteiger charge is -2.00. The number of nitrogens with zero attached hydrogens (tertiary/aromatic N) is 4. The van der Waals surface area contributed by atoms with Crippen molar-refractivity contribution in [2.75, 3.05) is 7.11 Å². The van der Waals surface area contributed by atoms with E-state index in [1.54, 1.807) is 7.11 Å². The van der Waals surface area contributed by atoms with Crippen molar-refractivity contribution in [1.82, 2.24) is 25.6 Å². The van der Waals surface area contributed by atoms with Crippen LogP contribution in [0.1, 0.15) is 18.1 Å². The molecular formula is C21H19N5O4. The third-order valence-corrected chi connectivity index (χ3v) is 4.31. The van der Waals surface area contributed by atoms with Crippen molar-refractivity contribution in [3.63, 3.8) is 0 Å². The molecular weight excluding hydrogens is 386 g/mol. The zero-order valence-electron chi connectivity index (χ0n) is 16.2. The Bertz CT molecular complexity index is 1110. The van der Waals surface area contributed by atoms with Gasteiger partial charge in [0.05, 0.1) is 13.7 Å². The summed E-state index contributed by atoms with van der Waals surface area (Å²) in [6, 6.07) is 16.8. The SMILES string of the molecule is COc1ccc(-c2nc(CNC(=O)CCc3nc(-c4ccccc4)no3)no2)cc1. The maximum absolute atomic E-state index is 12.1. The molecule has 1 amide bonds. The van der Waals surface area contributed by atoms with Gasteiger partial charge in [-0.2, -0.15) is 9.97 Å². The number of amides is 1. The minimum absolute atomic E-state index is 0.164. The second-order valence-corrected chi connectivity index (χ2v) is 6.40. The topological polar surface area (TPSA) is 116 Å². The predicted molar refractivity (Wildman–Crippen MR) is 106 cm³/mol. The van der Waals surface area contributed by atoms with E-state index in [2.05, 4.69) is 25.6 Å². The summed E-state index contributed by atoms with van der Waals surface area (Å²) in [5, 5.41) is 10.6. The number of rotatable bonds is 8. The molecule has 152 valence electrons. The number of hydrogen-bond donors (Lipinski definition) is 1. The number of aryl methyl sites for hydroxylation is 1. The van der Waals surface area contributed by atoms with Gasteiger partial charge in [-0.25, -0.2) is 0 Å².